The predicted octanol–water partition coefficient (Wildman–Crippen LogP) is 4.23. The molecule has 0 bridgehead atoms. The van der Waals surface area contributed by atoms with Crippen LogP contribution in [-0.4, -0.2) is 15.9 Å². The molecule has 0 saturated heterocycles. The molecule has 1 aromatic carbocycles. The van der Waals surface area contributed by atoms with Gasteiger partial charge in [-0.1, -0.05) is 51.9 Å². The fourth-order valence-electron chi connectivity index (χ4n) is 2.53. The van der Waals surface area contributed by atoms with Gasteiger partial charge in [-0.15, -0.1) is 0 Å². The first kappa shape index (κ1) is 16.9. The van der Waals surface area contributed by atoms with E-state index in [1.807, 2.05) is 34.6 Å². The van der Waals surface area contributed by atoms with Crippen molar-refractivity contribution in [3.8, 4) is 0 Å². The Labute approximate surface area is 134 Å². The second-order valence-electron chi connectivity index (χ2n) is 6.78. The van der Waals surface area contributed by atoms with Gasteiger partial charge in [0.15, 0.2) is 5.69 Å². The number of hydrogen-bond acceptors (Lipinski definition) is 5. The van der Waals surface area contributed by atoms with Crippen LogP contribution in [0.5, 0.6) is 0 Å². The molecule has 122 valence electrons. The average molecular weight is 316 g/mol. The van der Waals surface area contributed by atoms with E-state index in [-0.39, 0.29) is 28.3 Å². The summed E-state index contributed by atoms with van der Waals surface area (Å²) in [5, 5.41) is 15.1. The van der Waals surface area contributed by atoms with Gasteiger partial charge in [-0.05, 0) is 11.5 Å². The van der Waals surface area contributed by atoms with E-state index in [0.717, 1.165) is 0 Å². The summed E-state index contributed by atoms with van der Waals surface area (Å²) in [6.45, 7) is 9.79. The van der Waals surface area contributed by atoms with Crippen molar-refractivity contribution in [3.05, 3.63) is 57.0 Å². The minimum atomic E-state index is -0.562. The Morgan fingerprint density at radius 2 is 1.87 bits per heavy atom. The van der Waals surface area contributed by atoms with Gasteiger partial charge in [0.25, 0.3) is 5.69 Å². The van der Waals surface area contributed by atoms with E-state index in [0.29, 0.717) is 11.3 Å². The van der Waals surface area contributed by atoms with Crippen molar-refractivity contribution in [1.82, 2.24) is 5.16 Å². The largest absolute Gasteiger partial charge is 0.360 e. The molecular weight excluding hydrogens is 296 g/mol. The van der Waals surface area contributed by atoms with Crippen LogP contribution in [0.15, 0.2) is 28.8 Å². The molecule has 0 aliphatic heterocycles. The summed E-state index contributed by atoms with van der Waals surface area (Å²) < 4.78 is 5.39. The summed E-state index contributed by atoms with van der Waals surface area (Å²) in [7, 11) is 0. The van der Waals surface area contributed by atoms with Crippen molar-refractivity contribution >= 4 is 11.5 Å². The highest BCUT2D eigenvalue weighted by atomic mass is 16.6. The smallest absolute Gasteiger partial charge is 0.280 e. The van der Waals surface area contributed by atoms with E-state index in [2.05, 4.69) is 5.16 Å². The topological polar surface area (TPSA) is 86.2 Å². The van der Waals surface area contributed by atoms with E-state index >= 15 is 0 Å². The molecule has 0 unspecified atom stereocenters. The number of nitro groups is 1. The lowest BCUT2D eigenvalue weighted by molar-refractivity contribution is -0.385. The van der Waals surface area contributed by atoms with Gasteiger partial charge in [0, 0.05) is 17.5 Å². The highest BCUT2D eigenvalue weighted by molar-refractivity contribution is 6.11. The zero-order chi connectivity index (χ0) is 17.4. The Bertz CT molecular complexity index is 754. The lowest BCUT2D eigenvalue weighted by atomic mass is 9.81. The van der Waals surface area contributed by atoms with Gasteiger partial charge < -0.3 is 4.52 Å². The van der Waals surface area contributed by atoms with E-state index in [4.69, 9.17) is 4.52 Å². The summed E-state index contributed by atoms with van der Waals surface area (Å²) in [6.07, 6.45) is 0. The number of aromatic nitrogens is 1. The molecule has 0 atom stereocenters. The summed E-state index contributed by atoms with van der Waals surface area (Å²) in [4.78, 5) is 23.4. The maximum atomic E-state index is 12.8. The van der Waals surface area contributed by atoms with E-state index in [1.165, 1.54) is 18.2 Å². The van der Waals surface area contributed by atoms with Crippen molar-refractivity contribution in [2.75, 3.05) is 0 Å². The first-order valence-corrected chi connectivity index (χ1v) is 7.42. The monoisotopic (exact) mass is 316 g/mol. The Morgan fingerprint density at radius 1 is 1.26 bits per heavy atom. The van der Waals surface area contributed by atoms with Crippen molar-refractivity contribution in [2.24, 2.45) is 0 Å². The van der Waals surface area contributed by atoms with Gasteiger partial charge in [0.2, 0.25) is 5.78 Å². The molecule has 6 nitrogen and oxygen atoms in total. The van der Waals surface area contributed by atoms with Crippen LogP contribution in [0, 0.1) is 10.1 Å². The van der Waals surface area contributed by atoms with Gasteiger partial charge >= 0.3 is 0 Å². The number of para-hydroxylation sites is 1. The van der Waals surface area contributed by atoms with Crippen molar-refractivity contribution in [1.29, 1.82) is 0 Å². The maximum absolute atomic E-state index is 12.8. The molecule has 6 heteroatoms. The van der Waals surface area contributed by atoms with Crippen molar-refractivity contribution in [2.45, 2.75) is 46.0 Å². The van der Waals surface area contributed by atoms with E-state index < -0.39 is 10.7 Å². The van der Waals surface area contributed by atoms with Crippen molar-refractivity contribution < 1.29 is 14.2 Å². The normalized spacial score (nSPS) is 11.7. The number of carbonyl (C=O) groups is 1. The number of nitrogens with zero attached hydrogens (tertiary/aromatic N) is 2. The molecule has 23 heavy (non-hydrogen) atoms. The third-order valence-electron chi connectivity index (χ3n) is 3.55. The number of hydrogen-bond donors (Lipinski definition) is 0. The molecule has 2 rings (SSSR count). The van der Waals surface area contributed by atoms with Crippen molar-refractivity contribution in [3.63, 3.8) is 0 Å². The lowest BCUT2D eigenvalue weighted by Crippen LogP contribution is -2.19. The van der Waals surface area contributed by atoms with Crippen LogP contribution in [0.2, 0.25) is 0 Å². The molecule has 0 amide bonds. The fraction of sp³-hybridized carbons (Fsp3) is 0.412. The van der Waals surface area contributed by atoms with Gasteiger partial charge in [-0.3, -0.25) is 14.9 Å². The van der Waals surface area contributed by atoms with Gasteiger partial charge in [-0.25, -0.2) is 0 Å². The minimum absolute atomic E-state index is 0.0200. The molecule has 0 radical (unpaired) electrons. The number of rotatable bonds is 4. The molecule has 0 aliphatic carbocycles. The Kier molecular flexibility index (Phi) is 4.36. The Balaban J connectivity index is 2.64. The third kappa shape index (κ3) is 3.16. The number of ketones is 1. The van der Waals surface area contributed by atoms with Gasteiger partial charge in [0.1, 0.15) is 11.3 Å². The van der Waals surface area contributed by atoms with E-state index in [1.54, 1.807) is 6.07 Å². The molecular formula is C17H20N2O4. The van der Waals surface area contributed by atoms with Crippen LogP contribution in [0.4, 0.5) is 5.69 Å². The second-order valence-corrected chi connectivity index (χ2v) is 6.78. The predicted molar refractivity (Wildman–Crippen MR) is 85.8 cm³/mol. The van der Waals surface area contributed by atoms with E-state index in [9.17, 15) is 14.9 Å². The first-order chi connectivity index (χ1) is 10.6. The minimum Gasteiger partial charge on any atom is -0.360 e. The summed E-state index contributed by atoms with van der Waals surface area (Å²) in [6, 6.07) is 5.88. The Hall–Kier alpha value is -2.50. The number of benzene rings is 1. The highest BCUT2D eigenvalue weighted by Gasteiger charge is 2.34. The van der Waals surface area contributed by atoms with Gasteiger partial charge in [-0.2, -0.15) is 0 Å². The lowest BCUT2D eigenvalue weighted by Gasteiger charge is -2.20. The standard InChI is InChI=1S/C17H20N2O4/c1-10(2)16-13(17(3,4)5)14(18-23-16)15(20)11-8-6-7-9-12(11)19(21)22/h6-10H,1-5H3. The highest BCUT2D eigenvalue weighted by Crippen LogP contribution is 2.35. The van der Waals surface area contributed by atoms with Crippen LogP contribution >= 0.6 is 0 Å². The zero-order valence-corrected chi connectivity index (χ0v) is 13.9. The molecule has 0 saturated carbocycles. The molecule has 2 aromatic rings. The van der Waals surface area contributed by atoms with Crippen LogP contribution in [-0.2, 0) is 5.41 Å². The van der Waals surface area contributed by atoms with Crippen LogP contribution in [0.3, 0.4) is 0 Å². The molecule has 1 heterocycles. The van der Waals surface area contributed by atoms with Crippen LogP contribution < -0.4 is 0 Å². The first-order valence-electron chi connectivity index (χ1n) is 7.42. The fourth-order valence-corrected chi connectivity index (χ4v) is 2.53. The van der Waals surface area contributed by atoms with Crippen LogP contribution in [0.1, 0.15) is 67.9 Å². The van der Waals surface area contributed by atoms with Crippen LogP contribution in [0.25, 0.3) is 0 Å². The molecule has 0 spiro atoms. The van der Waals surface area contributed by atoms with Gasteiger partial charge in [0.05, 0.1) is 4.92 Å². The number of nitro benzene ring substituents is 1. The summed E-state index contributed by atoms with van der Waals surface area (Å²) in [5.41, 5.74) is 0.276. The maximum Gasteiger partial charge on any atom is 0.280 e. The Morgan fingerprint density at radius 3 is 2.39 bits per heavy atom. The second kappa shape index (κ2) is 5.95. The number of carbonyl (C=O) groups excluding carboxylic acids is 1. The molecule has 1 aromatic heterocycles. The third-order valence-corrected chi connectivity index (χ3v) is 3.55. The molecule has 0 aliphatic rings. The zero-order valence-electron chi connectivity index (χ0n) is 13.9. The molecule has 0 fully saturated rings. The molecule has 0 N–H and O–H groups in total. The summed E-state index contributed by atoms with van der Waals surface area (Å²) in [5.74, 6) is 0.210. The average Bonchev–Trinajstić information content (AvgIpc) is 2.91. The quantitative estimate of drug-likeness (QED) is 0.478. The SMILES string of the molecule is CC(C)c1onc(C(=O)c2ccccc2[N+](=O)[O-])c1C(C)(C)C. The summed E-state index contributed by atoms with van der Waals surface area (Å²) >= 11 is 0.